The Morgan fingerprint density at radius 3 is 2.93 bits per heavy atom. The van der Waals surface area contributed by atoms with Crippen LogP contribution in [-0.4, -0.2) is 32.2 Å². The first-order valence-corrected chi connectivity index (χ1v) is 4.85. The SMILES string of the molecule is O=C(Cn1cnnn1)NC1CCCC1. The van der Waals surface area contributed by atoms with Gasteiger partial charge in [-0.3, -0.25) is 4.79 Å². The standard InChI is InChI=1S/C8H13N5O/c14-8(5-13-6-9-11-12-13)10-7-3-1-2-4-7/h6-7H,1-5H2,(H,10,14). The molecule has 1 fully saturated rings. The molecule has 0 radical (unpaired) electrons. The predicted octanol–water partition coefficient (Wildman–Crippen LogP) is -0.268. The normalized spacial score (nSPS) is 17.1. The molecule has 6 heteroatoms. The summed E-state index contributed by atoms with van der Waals surface area (Å²) in [5.74, 6) is -0.01000. The third-order valence-corrected chi connectivity index (χ3v) is 2.42. The molecule has 1 aromatic heterocycles. The number of nitrogens with zero attached hydrogens (tertiary/aromatic N) is 4. The van der Waals surface area contributed by atoms with E-state index in [2.05, 4.69) is 20.8 Å². The highest BCUT2D eigenvalue weighted by Crippen LogP contribution is 2.17. The molecule has 1 aliphatic carbocycles. The number of hydrogen-bond acceptors (Lipinski definition) is 4. The quantitative estimate of drug-likeness (QED) is 0.720. The Morgan fingerprint density at radius 1 is 1.50 bits per heavy atom. The summed E-state index contributed by atoms with van der Waals surface area (Å²) in [4.78, 5) is 11.4. The molecule has 0 aromatic carbocycles. The Hall–Kier alpha value is -1.46. The Labute approximate surface area is 81.7 Å². The van der Waals surface area contributed by atoms with Crippen molar-refractivity contribution >= 4 is 5.91 Å². The van der Waals surface area contributed by atoms with E-state index in [1.165, 1.54) is 23.9 Å². The zero-order valence-electron chi connectivity index (χ0n) is 7.89. The molecule has 0 unspecified atom stereocenters. The van der Waals surface area contributed by atoms with Gasteiger partial charge in [-0.05, 0) is 23.3 Å². The molecule has 0 spiro atoms. The van der Waals surface area contributed by atoms with Crippen LogP contribution in [0.1, 0.15) is 25.7 Å². The van der Waals surface area contributed by atoms with Crippen LogP contribution in [0.15, 0.2) is 6.33 Å². The molecule has 1 heterocycles. The van der Waals surface area contributed by atoms with Crippen LogP contribution in [0.4, 0.5) is 0 Å². The van der Waals surface area contributed by atoms with Crippen molar-refractivity contribution in [3.05, 3.63) is 6.33 Å². The summed E-state index contributed by atoms with van der Waals surface area (Å²) in [5, 5.41) is 13.5. The van der Waals surface area contributed by atoms with Crippen LogP contribution < -0.4 is 5.32 Å². The van der Waals surface area contributed by atoms with E-state index in [0.717, 1.165) is 12.8 Å². The Balaban J connectivity index is 1.78. The molecule has 1 aromatic rings. The zero-order chi connectivity index (χ0) is 9.80. The van der Waals surface area contributed by atoms with Crippen LogP contribution in [0.2, 0.25) is 0 Å². The molecule has 0 atom stereocenters. The summed E-state index contributed by atoms with van der Waals surface area (Å²) in [6.07, 6.45) is 6.07. The van der Waals surface area contributed by atoms with Crippen molar-refractivity contribution in [1.82, 2.24) is 25.5 Å². The van der Waals surface area contributed by atoms with Gasteiger partial charge in [-0.2, -0.15) is 0 Å². The maximum atomic E-state index is 11.4. The topological polar surface area (TPSA) is 72.7 Å². The number of hydrogen-bond donors (Lipinski definition) is 1. The second-order valence-electron chi connectivity index (χ2n) is 3.56. The van der Waals surface area contributed by atoms with Gasteiger partial charge in [-0.1, -0.05) is 12.8 Å². The minimum absolute atomic E-state index is 0.01000. The van der Waals surface area contributed by atoms with Crippen LogP contribution in [-0.2, 0) is 11.3 Å². The van der Waals surface area contributed by atoms with Crippen LogP contribution in [0.25, 0.3) is 0 Å². The fraction of sp³-hybridized carbons (Fsp3) is 0.750. The van der Waals surface area contributed by atoms with E-state index in [1.807, 2.05) is 0 Å². The van der Waals surface area contributed by atoms with Gasteiger partial charge in [-0.15, -0.1) is 5.10 Å². The van der Waals surface area contributed by atoms with Crippen molar-refractivity contribution in [1.29, 1.82) is 0 Å². The van der Waals surface area contributed by atoms with E-state index in [-0.39, 0.29) is 12.5 Å². The molecule has 2 rings (SSSR count). The number of tetrazole rings is 1. The number of nitrogens with one attached hydrogen (secondary N) is 1. The van der Waals surface area contributed by atoms with E-state index in [1.54, 1.807) is 0 Å². The number of amides is 1. The van der Waals surface area contributed by atoms with Gasteiger partial charge < -0.3 is 5.32 Å². The van der Waals surface area contributed by atoms with Crippen molar-refractivity contribution < 1.29 is 4.79 Å². The van der Waals surface area contributed by atoms with Crippen molar-refractivity contribution in [2.75, 3.05) is 0 Å². The lowest BCUT2D eigenvalue weighted by Crippen LogP contribution is -2.35. The van der Waals surface area contributed by atoms with Gasteiger partial charge in [0.05, 0.1) is 0 Å². The molecule has 6 nitrogen and oxygen atoms in total. The van der Waals surface area contributed by atoms with Crippen molar-refractivity contribution in [3.8, 4) is 0 Å². The Kier molecular flexibility index (Phi) is 2.71. The molecule has 0 saturated heterocycles. The molecule has 0 bridgehead atoms. The third kappa shape index (κ3) is 2.27. The highest BCUT2D eigenvalue weighted by Gasteiger charge is 2.17. The zero-order valence-corrected chi connectivity index (χ0v) is 7.89. The molecular formula is C8H13N5O. The van der Waals surface area contributed by atoms with E-state index in [0.29, 0.717) is 6.04 Å². The summed E-state index contributed by atoms with van der Waals surface area (Å²) in [7, 11) is 0. The van der Waals surface area contributed by atoms with E-state index >= 15 is 0 Å². The van der Waals surface area contributed by atoms with Gasteiger partial charge >= 0.3 is 0 Å². The van der Waals surface area contributed by atoms with Crippen LogP contribution >= 0.6 is 0 Å². The maximum absolute atomic E-state index is 11.4. The molecule has 76 valence electrons. The predicted molar refractivity (Wildman–Crippen MR) is 48.2 cm³/mol. The first kappa shape index (κ1) is 9.11. The highest BCUT2D eigenvalue weighted by atomic mass is 16.2. The second-order valence-corrected chi connectivity index (χ2v) is 3.56. The van der Waals surface area contributed by atoms with Crippen molar-refractivity contribution in [2.24, 2.45) is 0 Å². The van der Waals surface area contributed by atoms with Crippen molar-refractivity contribution in [2.45, 2.75) is 38.3 Å². The summed E-state index contributed by atoms with van der Waals surface area (Å²) in [5.41, 5.74) is 0. The van der Waals surface area contributed by atoms with Gasteiger partial charge in [-0.25, -0.2) is 4.68 Å². The lowest BCUT2D eigenvalue weighted by molar-refractivity contribution is -0.122. The number of carbonyl (C=O) groups is 1. The Bertz CT molecular complexity index is 291. The van der Waals surface area contributed by atoms with Gasteiger partial charge in [0.25, 0.3) is 0 Å². The molecule has 1 N–H and O–H groups in total. The lowest BCUT2D eigenvalue weighted by Gasteiger charge is -2.10. The monoisotopic (exact) mass is 195 g/mol. The van der Waals surface area contributed by atoms with E-state index in [9.17, 15) is 4.79 Å². The number of aromatic nitrogens is 4. The minimum atomic E-state index is -0.01000. The van der Waals surface area contributed by atoms with Gasteiger partial charge in [0.2, 0.25) is 5.91 Å². The molecular weight excluding hydrogens is 182 g/mol. The molecule has 14 heavy (non-hydrogen) atoms. The average Bonchev–Trinajstić information content (AvgIpc) is 2.76. The average molecular weight is 195 g/mol. The van der Waals surface area contributed by atoms with Crippen LogP contribution in [0.3, 0.4) is 0 Å². The molecule has 0 aliphatic heterocycles. The molecule has 1 saturated carbocycles. The summed E-state index contributed by atoms with van der Waals surface area (Å²) in [6.45, 7) is 0.212. The fourth-order valence-corrected chi connectivity index (χ4v) is 1.74. The van der Waals surface area contributed by atoms with Crippen LogP contribution in [0, 0.1) is 0 Å². The molecule has 1 aliphatic rings. The summed E-state index contributed by atoms with van der Waals surface area (Å²) in [6, 6.07) is 0.360. The largest absolute Gasteiger partial charge is 0.352 e. The fourth-order valence-electron chi connectivity index (χ4n) is 1.74. The molecule has 1 amide bonds. The third-order valence-electron chi connectivity index (χ3n) is 2.42. The van der Waals surface area contributed by atoms with E-state index in [4.69, 9.17) is 0 Å². The van der Waals surface area contributed by atoms with E-state index < -0.39 is 0 Å². The first-order chi connectivity index (χ1) is 6.84. The van der Waals surface area contributed by atoms with Gasteiger partial charge in [0.1, 0.15) is 12.9 Å². The highest BCUT2D eigenvalue weighted by molar-refractivity contribution is 5.75. The van der Waals surface area contributed by atoms with Gasteiger partial charge in [0, 0.05) is 6.04 Å². The van der Waals surface area contributed by atoms with Gasteiger partial charge in [0.15, 0.2) is 0 Å². The first-order valence-electron chi connectivity index (χ1n) is 4.85. The summed E-state index contributed by atoms with van der Waals surface area (Å²) < 4.78 is 1.42. The number of rotatable bonds is 3. The van der Waals surface area contributed by atoms with Crippen LogP contribution in [0.5, 0.6) is 0 Å². The Morgan fingerprint density at radius 2 is 2.29 bits per heavy atom. The minimum Gasteiger partial charge on any atom is -0.352 e. The van der Waals surface area contributed by atoms with Crippen molar-refractivity contribution in [3.63, 3.8) is 0 Å². The number of carbonyl (C=O) groups excluding carboxylic acids is 1. The maximum Gasteiger partial charge on any atom is 0.242 e. The lowest BCUT2D eigenvalue weighted by atomic mass is 10.2. The summed E-state index contributed by atoms with van der Waals surface area (Å²) >= 11 is 0. The smallest absolute Gasteiger partial charge is 0.242 e. The second kappa shape index (κ2) is 4.17.